The molecule has 1 aliphatic heterocycles. The maximum atomic E-state index is 5.66. The average molecular weight is 272 g/mol. The fourth-order valence-corrected chi connectivity index (χ4v) is 2.01. The smallest absolute Gasteiger partial charge is 0.225 e. The van der Waals surface area contributed by atoms with Gasteiger partial charge in [0.1, 0.15) is 0 Å². The van der Waals surface area contributed by atoms with Gasteiger partial charge in [0.2, 0.25) is 5.95 Å². The van der Waals surface area contributed by atoms with E-state index in [1.807, 2.05) is 0 Å². The molecular formula is C10H14BrN3O. The van der Waals surface area contributed by atoms with E-state index in [1.165, 1.54) is 0 Å². The summed E-state index contributed by atoms with van der Waals surface area (Å²) in [7, 11) is 0. The van der Waals surface area contributed by atoms with Crippen LogP contribution >= 0.6 is 15.9 Å². The molecule has 1 fully saturated rings. The Bertz CT molecular complexity index is 320. The first-order valence-corrected chi connectivity index (χ1v) is 5.82. The van der Waals surface area contributed by atoms with Crippen molar-refractivity contribution in [1.82, 2.24) is 9.97 Å². The molecule has 1 aromatic heterocycles. The standard InChI is InChI=1S/C10H14BrN3O/c1-7-5-14(6-8(2)15-7)10-12-3-9(11)4-13-10/h3-4,7-8H,5-6H2,1-2H3/t7-,8+. The first kappa shape index (κ1) is 10.8. The number of morpholine rings is 1. The molecule has 0 N–H and O–H groups in total. The topological polar surface area (TPSA) is 38.2 Å². The Morgan fingerprint density at radius 1 is 1.27 bits per heavy atom. The van der Waals surface area contributed by atoms with Gasteiger partial charge < -0.3 is 9.64 Å². The number of rotatable bonds is 1. The predicted molar refractivity (Wildman–Crippen MR) is 62.0 cm³/mol. The van der Waals surface area contributed by atoms with Crippen LogP contribution in [-0.2, 0) is 4.74 Å². The Morgan fingerprint density at radius 2 is 1.80 bits per heavy atom. The number of hydrogen-bond acceptors (Lipinski definition) is 4. The Labute approximate surface area is 97.8 Å². The number of aromatic nitrogens is 2. The number of nitrogens with zero attached hydrogens (tertiary/aromatic N) is 3. The molecule has 1 aromatic rings. The highest BCUT2D eigenvalue weighted by Crippen LogP contribution is 2.17. The zero-order chi connectivity index (χ0) is 10.8. The highest BCUT2D eigenvalue weighted by molar-refractivity contribution is 9.10. The van der Waals surface area contributed by atoms with Gasteiger partial charge in [-0.3, -0.25) is 0 Å². The monoisotopic (exact) mass is 271 g/mol. The van der Waals surface area contributed by atoms with Crippen molar-refractivity contribution in [3.8, 4) is 0 Å². The van der Waals surface area contributed by atoms with E-state index >= 15 is 0 Å². The number of halogens is 1. The Hall–Kier alpha value is -0.680. The van der Waals surface area contributed by atoms with Crippen molar-refractivity contribution in [2.75, 3.05) is 18.0 Å². The number of hydrogen-bond donors (Lipinski definition) is 0. The average Bonchev–Trinajstić information content (AvgIpc) is 2.17. The van der Waals surface area contributed by atoms with Crippen LogP contribution in [0.5, 0.6) is 0 Å². The van der Waals surface area contributed by atoms with Crippen LogP contribution in [0.3, 0.4) is 0 Å². The van der Waals surface area contributed by atoms with Crippen molar-refractivity contribution in [3.05, 3.63) is 16.9 Å². The molecule has 0 amide bonds. The first-order chi connectivity index (χ1) is 7.15. The zero-order valence-electron chi connectivity index (χ0n) is 8.85. The van der Waals surface area contributed by atoms with Crippen LogP contribution in [0.4, 0.5) is 5.95 Å². The van der Waals surface area contributed by atoms with Crippen LogP contribution in [0.2, 0.25) is 0 Å². The SMILES string of the molecule is C[C@@H]1CN(c2ncc(Br)cn2)C[C@H](C)O1. The minimum Gasteiger partial charge on any atom is -0.372 e. The van der Waals surface area contributed by atoms with Crippen molar-refractivity contribution in [2.45, 2.75) is 26.1 Å². The lowest BCUT2D eigenvalue weighted by Crippen LogP contribution is -2.46. The Kier molecular flexibility index (Phi) is 3.21. The number of ether oxygens (including phenoxy) is 1. The normalized spacial score (nSPS) is 26.7. The molecule has 2 rings (SSSR count). The summed E-state index contributed by atoms with van der Waals surface area (Å²) in [4.78, 5) is 10.7. The molecule has 0 saturated carbocycles. The largest absolute Gasteiger partial charge is 0.372 e. The van der Waals surface area contributed by atoms with E-state index < -0.39 is 0 Å². The van der Waals surface area contributed by atoms with Gasteiger partial charge in [0.05, 0.1) is 16.7 Å². The summed E-state index contributed by atoms with van der Waals surface area (Å²) < 4.78 is 6.56. The fraction of sp³-hybridized carbons (Fsp3) is 0.600. The van der Waals surface area contributed by atoms with Crippen molar-refractivity contribution in [1.29, 1.82) is 0 Å². The lowest BCUT2D eigenvalue weighted by atomic mass is 10.2. The molecule has 5 heteroatoms. The molecule has 0 unspecified atom stereocenters. The van der Waals surface area contributed by atoms with E-state index in [1.54, 1.807) is 12.4 Å². The van der Waals surface area contributed by atoms with Gasteiger partial charge in [0.25, 0.3) is 0 Å². The minimum atomic E-state index is 0.237. The van der Waals surface area contributed by atoms with E-state index in [0.29, 0.717) is 0 Å². The predicted octanol–water partition coefficient (Wildman–Crippen LogP) is 1.85. The molecule has 2 heterocycles. The van der Waals surface area contributed by atoms with Gasteiger partial charge in [-0.05, 0) is 29.8 Å². The van der Waals surface area contributed by atoms with Crippen LogP contribution in [0.1, 0.15) is 13.8 Å². The second kappa shape index (κ2) is 4.45. The molecule has 0 aliphatic carbocycles. The molecule has 0 aromatic carbocycles. The van der Waals surface area contributed by atoms with Crippen LogP contribution in [0.25, 0.3) is 0 Å². The van der Waals surface area contributed by atoms with E-state index in [9.17, 15) is 0 Å². The van der Waals surface area contributed by atoms with Crippen LogP contribution < -0.4 is 4.90 Å². The highest BCUT2D eigenvalue weighted by atomic mass is 79.9. The maximum absolute atomic E-state index is 5.66. The first-order valence-electron chi connectivity index (χ1n) is 5.03. The molecule has 0 radical (unpaired) electrons. The molecular weight excluding hydrogens is 258 g/mol. The van der Waals surface area contributed by atoms with Crippen LogP contribution in [0.15, 0.2) is 16.9 Å². The molecule has 2 atom stereocenters. The number of anilines is 1. The maximum Gasteiger partial charge on any atom is 0.225 e. The van der Waals surface area contributed by atoms with Crippen LogP contribution in [0, 0.1) is 0 Å². The quantitative estimate of drug-likeness (QED) is 0.782. The second-order valence-corrected chi connectivity index (χ2v) is 4.78. The van der Waals surface area contributed by atoms with Gasteiger partial charge in [-0.1, -0.05) is 0 Å². The summed E-state index contributed by atoms with van der Waals surface area (Å²) in [5, 5.41) is 0. The van der Waals surface area contributed by atoms with Crippen molar-refractivity contribution >= 4 is 21.9 Å². The Morgan fingerprint density at radius 3 is 2.33 bits per heavy atom. The third-order valence-corrected chi connectivity index (χ3v) is 2.72. The second-order valence-electron chi connectivity index (χ2n) is 3.86. The van der Waals surface area contributed by atoms with Gasteiger partial charge in [-0.15, -0.1) is 0 Å². The summed E-state index contributed by atoms with van der Waals surface area (Å²) in [5.41, 5.74) is 0. The molecule has 82 valence electrons. The van der Waals surface area contributed by atoms with Crippen molar-refractivity contribution in [3.63, 3.8) is 0 Å². The summed E-state index contributed by atoms with van der Waals surface area (Å²) in [6.45, 7) is 5.85. The summed E-state index contributed by atoms with van der Waals surface area (Å²) >= 11 is 3.32. The van der Waals surface area contributed by atoms with Gasteiger partial charge in [-0.2, -0.15) is 0 Å². The molecule has 0 bridgehead atoms. The van der Waals surface area contributed by atoms with Gasteiger partial charge in [0, 0.05) is 25.5 Å². The van der Waals surface area contributed by atoms with Gasteiger partial charge in [0.15, 0.2) is 0 Å². The van der Waals surface area contributed by atoms with E-state index in [2.05, 4.69) is 44.6 Å². The van der Waals surface area contributed by atoms with E-state index in [4.69, 9.17) is 4.74 Å². The van der Waals surface area contributed by atoms with E-state index in [0.717, 1.165) is 23.5 Å². The third-order valence-electron chi connectivity index (χ3n) is 2.31. The lowest BCUT2D eigenvalue weighted by molar-refractivity contribution is -0.00572. The lowest BCUT2D eigenvalue weighted by Gasteiger charge is -2.35. The van der Waals surface area contributed by atoms with Crippen molar-refractivity contribution in [2.24, 2.45) is 0 Å². The molecule has 1 aliphatic rings. The summed E-state index contributed by atoms with van der Waals surface area (Å²) in [5.74, 6) is 0.778. The molecule has 1 saturated heterocycles. The van der Waals surface area contributed by atoms with Crippen molar-refractivity contribution < 1.29 is 4.74 Å². The van der Waals surface area contributed by atoms with E-state index in [-0.39, 0.29) is 12.2 Å². The van der Waals surface area contributed by atoms with Gasteiger partial charge >= 0.3 is 0 Å². The molecule has 4 nitrogen and oxygen atoms in total. The van der Waals surface area contributed by atoms with Crippen LogP contribution in [-0.4, -0.2) is 35.3 Å². The molecule has 0 spiro atoms. The van der Waals surface area contributed by atoms with Gasteiger partial charge in [-0.25, -0.2) is 9.97 Å². The fourth-order valence-electron chi connectivity index (χ4n) is 1.81. The zero-order valence-corrected chi connectivity index (χ0v) is 10.4. The molecule has 15 heavy (non-hydrogen) atoms. The Balaban J connectivity index is 2.12. The highest BCUT2D eigenvalue weighted by Gasteiger charge is 2.23. The summed E-state index contributed by atoms with van der Waals surface area (Å²) in [6.07, 6.45) is 4.02. The summed E-state index contributed by atoms with van der Waals surface area (Å²) in [6, 6.07) is 0. The third kappa shape index (κ3) is 2.66. The minimum absolute atomic E-state index is 0.237.